The highest BCUT2D eigenvalue weighted by Crippen LogP contribution is 2.26. The van der Waals surface area contributed by atoms with Crippen molar-refractivity contribution in [1.29, 1.82) is 0 Å². The molecule has 2 aromatic rings. The van der Waals surface area contributed by atoms with E-state index in [0.717, 1.165) is 35.1 Å². The van der Waals surface area contributed by atoms with E-state index in [2.05, 4.69) is 23.5 Å². The third-order valence-electron chi connectivity index (χ3n) is 4.96. The lowest BCUT2D eigenvalue weighted by molar-refractivity contribution is -0.127. The zero-order valence-electron chi connectivity index (χ0n) is 16.4. The van der Waals surface area contributed by atoms with Crippen molar-refractivity contribution in [2.45, 2.75) is 50.9 Å². The number of benzene rings is 2. The number of aryl methyl sites for hydroxylation is 2. The lowest BCUT2D eigenvalue weighted by Crippen LogP contribution is -2.39. The molecule has 0 aromatic heterocycles. The molecule has 1 amide bonds. The first-order valence-electron chi connectivity index (χ1n) is 10.0. The molecule has 1 N–H and O–H groups in total. The molecule has 0 spiro atoms. The van der Waals surface area contributed by atoms with Crippen molar-refractivity contribution in [3.05, 3.63) is 64.2 Å². The van der Waals surface area contributed by atoms with Crippen LogP contribution < -0.4 is 10.1 Å². The van der Waals surface area contributed by atoms with E-state index in [1.807, 2.05) is 31.2 Å². The van der Waals surface area contributed by atoms with Crippen molar-refractivity contribution in [2.24, 2.45) is 0 Å². The van der Waals surface area contributed by atoms with Crippen molar-refractivity contribution in [3.63, 3.8) is 0 Å². The molecule has 0 aliphatic heterocycles. The first kappa shape index (κ1) is 21.1. The van der Waals surface area contributed by atoms with Gasteiger partial charge in [0.2, 0.25) is 0 Å². The first-order chi connectivity index (χ1) is 13.7. The average molecular weight is 418 g/mol. The molecule has 1 atom stereocenters. The second-order valence-corrected chi connectivity index (χ2v) is 8.67. The molecule has 0 bridgehead atoms. The number of rotatable bonds is 9. The van der Waals surface area contributed by atoms with Crippen molar-refractivity contribution in [2.75, 3.05) is 12.3 Å². The number of nitrogens with one attached hydrogen (secondary N) is 1. The Hall–Kier alpha value is -1.65. The minimum Gasteiger partial charge on any atom is -0.481 e. The Morgan fingerprint density at radius 2 is 2.00 bits per heavy atom. The van der Waals surface area contributed by atoms with Crippen LogP contribution in [-0.4, -0.2) is 24.3 Å². The molecule has 0 fully saturated rings. The molecule has 0 saturated carbocycles. The summed E-state index contributed by atoms with van der Waals surface area (Å²) in [6.45, 7) is 2.62. The fourth-order valence-corrected chi connectivity index (χ4v) is 4.47. The largest absolute Gasteiger partial charge is 0.481 e. The first-order valence-corrected chi connectivity index (χ1v) is 11.6. The Balaban J connectivity index is 1.42. The molecule has 0 radical (unpaired) electrons. The zero-order valence-corrected chi connectivity index (χ0v) is 18.0. The van der Waals surface area contributed by atoms with E-state index < -0.39 is 6.10 Å². The van der Waals surface area contributed by atoms with Crippen LogP contribution in [0.5, 0.6) is 5.75 Å². The smallest absolute Gasteiger partial charge is 0.261 e. The molecule has 0 saturated heterocycles. The van der Waals surface area contributed by atoms with E-state index in [1.165, 1.54) is 29.5 Å². The summed E-state index contributed by atoms with van der Waals surface area (Å²) in [4.78, 5) is 12.5. The maximum Gasteiger partial charge on any atom is 0.261 e. The molecule has 1 aliphatic carbocycles. The molecule has 3 rings (SSSR count). The second-order valence-electron chi connectivity index (χ2n) is 7.13. The van der Waals surface area contributed by atoms with Gasteiger partial charge in [-0.25, -0.2) is 0 Å². The third-order valence-corrected chi connectivity index (χ3v) is 6.23. The number of hydrogen-bond donors (Lipinski definition) is 1. The van der Waals surface area contributed by atoms with Crippen molar-refractivity contribution < 1.29 is 9.53 Å². The van der Waals surface area contributed by atoms with E-state index >= 15 is 0 Å². The van der Waals surface area contributed by atoms with Gasteiger partial charge in [0.25, 0.3) is 5.91 Å². The summed E-state index contributed by atoms with van der Waals surface area (Å²) < 4.78 is 6.00. The molecule has 5 heteroatoms. The number of halogens is 1. The molecule has 150 valence electrons. The highest BCUT2D eigenvalue weighted by atomic mass is 35.5. The summed E-state index contributed by atoms with van der Waals surface area (Å²) in [5.41, 5.74) is 4.00. The van der Waals surface area contributed by atoms with Crippen LogP contribution >= 0.6 is 23.4 Å². The van der Waals surface area contributed by atoms with Gasteiger partial charge in [-0.3, -0.25) is 4.79 Å². The van der Waals surface area contributed by atoms with Crippen molar-refractivity contribution in [1.82, 2.24) is 5.32 Å². The van der Waals surface area contributed by atoms with Gasteiger partial charge >= 0.3 is 0 Å². The maximum absolute atomic E-state index is 12.5. The van der Waals surface area contributed by atoms with Gasteiger partial charge in [-0.05, 0) is 73.1 Å². The van der Waals surface area contributed by atoms with E-state index in [9.17, 15) is 4.79 Å². The third kappa shape index (κ3) is 6.18. The molecule has 2 aromatic carbocycles. The Morgan fingerprint density at radius 1 is 1.18 bits per heavy atom. The topological polar surface area (TPSA) is 38.3 Å². The van der Waals surface area contributed by atoms with E-state index in [-0.39, 0.29) is 5.91 Å². The van der Waals surface area contributed by atoms with Crippen LogP contribution in [0.1, 0.15) is 42.9 Å². The molecule has 0 heterocycles. The summed E-state index contributed by atoms with van der Waals surface area (Å²) in [7, 11) is 0. The average Bonchev–Trinajstić information content (AvgIpc) is 2.71. The summed E-state index contributed by atoms with van der Waals surface area (Å²) in [5, 5.41) is 3.76. The minimum absolute atomic E-state index is 0.0384. The van der Waals surface area contributed by atoms with E-state index in [4.69, 9.17) is 16.3 Å². The number of ether oxygens (including phenoxy) is 1. The monoisotopic (exact) mass is 417 g/mol. The molecular formula is C23H28ClNO2S. The Kier molecular flexibility index (Phi) is 8.11. The summed E-state index contributed by atoms with van der Waals surface area (Å²) in [6.07, 6.45) is 4.97. The van der Waals surface area contributed by atoms with Crippen molar-refractivity contribution >= 4 is 29.3 Å². The van der Waals surface area contributed by atoms with Crippen LogP contribution in [0.15, 0.2) is 42.5 Å². The van der Waals surface area contributed by atoms with Gasteiger partial charge in [-0.1, -0.05) is 36.7 Å². The second kappa shape index (κ2) is 10.8. The van der Waals surface area contributed by atoms with E-state index in [1.54, 1.807) is 11.8 Å². The highest BCUT2D eigenvalue weighted by molar-refractivity contribution is 7.98. The van der Waals surface area contributed by atoms with Crippen LogP contribution in [-0.2, 0) is 23.4 Å². The van der Waals surface area contributed by atoms with Crippen LogP contribution in [0.4, 0.5) is 0 Å². The maximum atomic E-state index is 12.5. The van der Waals surface area contributed by atoms with Crippen molar-refractivity contribution in [3.8, 4) is 5.75 Å². The van der Waals surface area contributed by atoms with Crippen LogP contribution in [0.2, 0.25) is 5.02 Å². The Morgan fingerprint density at radius 3 is 2.79 bits per heavy atom. The van der Waals surface area contributed by atoms with E-state index in [0.29, 0.717) is 13.0 Å². The molecule has 1 aliphatic rings. The zero-order chi connectivity index (χ0) is 19.8. The number of carbonyl (C=O) groups is 1. The van der Waals surface area contributed by atoms with Gasteiger partial charge in [0.05, 0.1) is 0 Å². The number of carbonyl (C=O) groups excluding carboxylic acids is 1. The van der Waals surface area contributed by atoms with Gasteiger partial charge in [0, 0.05) is 23.1 Å². The predicted octanol–water partition coefficient (Wildman–Crippen LogP) is 5.43. The summed E-state index contributed by atoms with van der Waals surface area (Å²) in [6, 6.07) is 14.2. The van der Waals surface area contributed by atoms with Gasteiger partial charge in [-0.2, -0.15) is 11.8 Å². The Labute approximate surface area is 177 Å². The molecular weight excluding hydrogens is 390 g/mol. The fraction of sp³-hybridized carbons (Fsp3) is 0.435. The lowest BCUT2D eigenvalue weighted by atomic mass is 9.92. The van der Waals surface area contributed by atoms with Crippen LogP contribution in [0.3, 0.4) is 0 Å². The van der Waals surface area contributed by atoms with Gasteiger partial charge in [-0.15, -0.1) is 0 Å². The normalized spacial score (nSPS) is 14.2. The van der Waals surface area contributed by atoms with Crippen LogP contribution in [0.25, 0.3) is 0 Å². The molecule has 3 nitrogen and oxygen atoms in total. The van der Waals surface area contributed by atoms with Gasteiger partial charge in [0.15, 0.2) is 6.10 Å². The summed E-state index contributed by atoms with van der Waals surface area (Å²) in [5.74, 6) is 2.51. The van der Waals surface area contributed by atoms with Gasteiger partial charge < -0.3 is 10.1 Å². The minimum atomic E-state index is -0.445. The number of thioether (sulfide) groups is 1. The fourth-order valence-electron chi connectivity index (χ4n) is 3.45. The summed E-state index contributed by atoms with van der Waals surface area (Å²) >= 11 is 7.78. The lowest BCUT2D eigenvalue weighted by Gasteiger charge is -2.20. The SMILES string of the molecule is CC[C@H](Oc1ccc2c(c1)CCCC2)C(=O)NCCSCc1cccc(Cl)c1. The standard InChI is InChI=1S/C23H28ClNO2S/c1-2-22(27-21-11-10-18-7-3-4-8-19(18)15-21)23(26)25-12-13-28-16-17-6-5-9-20(24)14-17/h5-6,9-11,14-15,22H,2-4,7-8,12-13,16H2,1H3,(H,25,26)/t22-/m0/s1. The number of fused-ring (bicyclic) bond motifs is 1. The van der Waals surface area contributed by atoms with Gasteiger partial charge in [0.1, 0.15) is 5.75 Å². The predicted molar refractivity (Wildman–Crippen MR) is 118 cm³/mol. The highest BCUT2D eigenvalue weighted by Gasteiger charge is 2.19. The molecule has 0 unspecified atom stereocenters. The quantitative estimate of drug-likeness (QED) is 0.553. The Bertz CT molecular complexity index is 796. The van der Waals surface area contributed by atoms with Crippen LogP contribution in [0, 0.1) is 0 Å². The number of hydrogen-bond acceptors (Lipinski definition) is 3. The number of amides is 1. The molecule has 28 heavy (non-hydrogen) atoms.